The van der Waals surface area contributed by atoms with Crippen LogP contribution >= 0.6 is 0 Å². The molecule has 0 aliphatic carbocycles. The minimum atomic E-state index is 0.364. The Morgan fingerprint density at radius 3 is 2.71 bits per heavy atom. The highest BCUT2D eigenvalue weighted by Crippen LogP contribution is 2.24. The molecule has 0 aliphatic rings. The van der Waals surface area contributed by atoms with Crippen molar-refractivity contribution in [3.8, 4) is 0 Å². The van der Waals surface area contributed by atoms with Crippen molar-refractivity contribution < 1.29 is 0 Å². The Labute approximate surface area is 103 Å². The summed E-state index contributed by atoms with van der Waals surface area (Å²) in [4.78, 5) is 4.77. The van der Waals surface area contributed by atoms with Gasteiger partial charge in [-0.1, -0.05) is 13.0 Å². The molecular formula is C14H21N3. The fraction of sp³-hybridized carbons (Fsp3) is 0.500. The normalized spacial score (nSPS) is 13.2. The van der Waals surface area contributed by atoms with Gasteiger partial charge in [-0.05, 0) is 38.0 Å². The summed E-state index contributed by atoms with van der Waals surface area (Å²) in [6.07, 6.45) is 1.04. The Balaban J connectivity index is 2.62. The lowest BCUT2D eigenvalue weighted by Crippen LogP contribution is -2.16. The van der Waals surface area contributed by atoms with Gasteiger partial charge in [0.1, 0.15) is 5.82 Å². The van der Waals surface area contributed by atoms with Gasteiger partial charge >= 0.3 is 0 Å². The molecule has 2 N–H and O–H groups in total. The quantitative estimate of drug-likeness (QED) is 0.879. The number of imidazole rings is 1. The highest BCUT2D eigenvalue weighted by atomic mass is 15.1. The average molecular weight is 231 g/mol. The SMILES string of the molecule is CCC(CN)c1nc2cc(C)ccc2n1CC. The van der Waals surface area contributed by atoms with Crippen molar-refractivity contribution in [1.29, 1.82) is 0 Å². The molecule has 2 rings (SSSR count). The van der Waals surface area contributed by atoms with Crippen molar-refractivity contribution in [1.82, 2.24) is 9.55 Å². The van der Waals surface area contributed by atoms with E-state index in [0.29, 0.717) is 12.5 Å². The predicted octanol–water partition coefficient (Wildman–Crippen LogP) is 2.82. The first kappa shape index (κ1) is 12.1. The first-order valence-electron chi connectivity index (χ1n) is 6.38. The van der Waals surface area contributed by atoms with Crippen LogP contribution in [-0.2, 0) is 6.54 Å². The molecular weight excluding hydrogens is 210 g/mol. The van der Waals surface area contributed by atoms with Crippen molar-refractivity contribution >= 4 is 11.0 Å². The molecule has 2 aromatic rings. The van der Waals surface area contributed by atoms with Crippen molar-refractivity contribution in [2.24, 2.45) is 5.73 Å². The Hall–Kier alpha value is -1.35. The molecule has 0 saturated carbocycles. The largest absolute Gasteiger partial charge is 0.330 e. The van der Waals surface area contributed by atoms with Crippen LogP contribution in [0.2, 0.25) is 0 Å². The third-order valence-corrected chi connectivity index (χ3v) is 3.39. The Kier molecular flexibility index (Phi) is 3.48. The average Bonchev–Trinajstić information content (AvgIpc) is 2.68. The third-order valence-electron chi connectivity index (χ3n) is 3.39. The fourth-order valence-corrected chi connectivity index (χ4v) is 2.36. The van der Waals surface area contributed by atoms with Crippen molar-refractivity contribution in [2.45, 2.75) is 39.7 Å². The summed E-state index contributed by atoms with van der Waals surface area (Å²) < 4.78 is 2.29. The van der Waals surface area contributed by atoms with Crippen LogP contribution in [0.5, 0.6) is 0 Å². The van der Waals surface area contributed by atoms with Gasteiger partial charge in [-0.2, -0.15) is 0 Å². The van der Waals surface area contributed by atoms with Crippen LogP contribution in [0, 0.1) is 6.92 Å². The monoisotopic (exact) mass is 231 g/mol. The standard InChI is InChI=1S/C14H21N3/c1-4-11(9-15)14-16-12-8-10(3)6-7-13(12)17(14)5-2/h6-8,11H,4-5,9,15H2,1-3H3. The van der Waals surface area contributed by atoms with Gasteiger partial charge in [-0.15, -0.1) is 0 Å². The molecule has 3 nitrogen and oxygen atoms in total. The minimum Gasteiger partial charge on any atom is -0.330 e. The number of rotatable bonds is 4. The van der Waals surface area contributed by atoms with E-state index < -0.39 is 0 Å². The van der Waals surface area contributed by atoms with E-state index in [1.54, 1.807) is 0 Å². The molecule has 0 amide bonds. The van der Waals surface area contributed by atoms with E-state index in [2.05, 4.69) is 43.5 Å². The van der Waals surface area contributed by atoms with Gasteiger partial charge < -0.3 is 10.3 Å². The summed E-state index contributed by atoms with van der Waals surface area (Å²) >= 11 is 0. The van der Waals surface area contributed by atoms with Crippen molar-refractivity contribution in [2.75, 3.05) is 6.54 Å². The number of nitrogens with two attached hydrogens (primary N) is 1. The van der Waals surface area contributed by atoms with Gasteiger partial charge in [0, 0.05) is 19.0 Å². The molecule has 1 aromatic carbocycles. The van der Waals surface area contributed by atoms with Crippen LogP contribution in [0.4, 0.5) is 0 Å². The fourth-order valence-electron chi connectivity index (χ4n) is 2.36. The molecule has 0 radical (unpaired) electrons. The zero-order valence-corrected chi connectivity index (χ0v) is 10.9. The number of benzene rings is 1. The van der Waals surface area contributed by atoms with Crippen molar-refractivity contribution in [3.05, 3.63) is 29.6 Å². The highest BCUT2D eigenvalue weighted by Gasteiger charge is 2.16. The first-order chi connectivity index (χ1) is 8.21. The summed E-state index contributed by atoms with van der Waals surface area (Å²) in [5.74, 6) is 1.50. The number of nitrogens with zero attached hydrogens (tertiary/aromatic N) is 2. The molecule has 0 bridgehead atoms. The lowest BCUT2D eigenvalue weighted by atomic mass is 10.1. The topological polar surface area (TPSA) is 43.8 Å². The molecule has 0 fully saturated rings. The lowest BCUT2D eigenvalue weighted by Gasteiger charge is -2.13. The molecule has 1 unspecified atom stereocenters. The predicted molar refractivity (Wildman–Crippen MR) is 72.2 cm³/mol. The maximum Gasteiger partial charge on any atom is 0.114 e. The third kappa shape index (κ3) is 2.07. The molecule has 1 aromatic heterocycles. The van der Waals surface area contributed by atoms with Gasteiger partial charge in [0.15, 0.2) is 0 Å². The van der Waals surface area contributed by atoms with Crippen LogP contribution in [0.15, 0.2) is 18.2 Å². The summed E-state index contributed by atoms with van der Waals surface area (Å²) in [6.45, 7) is 8.05. The van der Waals surface area contributed by atoms with E-state index in [1.807, 2.05) is 0 Å². The summed E-state index contributed by atoms with van der Waals surface area (Å²) in [5.41, 5.74) is 9.41. The number of aromatic nitrogens is 2. The zero-order valence-electron chi connectivity index (χ0n) is 10.9. The molecule has 17 heavy (non-hydrogen) atoms. The summed E-state index contributed by atoms with van der Waals surface area (Å²) in [5, 5.41) is 0. The maximum absolute atomic E-state index is 5.84. The highest BCUT2D eigenvalue weighted by molar-refractivity contribution is 5.77. The van der Waals surface area contributed by atoms with E-state index in [0.717, 1.165) is 24.3 Å². The molecule has 0 saturated heterocycles. The Morgan fingerprint density at radius 2 is 2.12 bits per heavy atom. The van der Waals surface area contributed by atoms with Crippen LogP contribution in [-0.4, -0.2) is 16.1 Å². The van der Waals surface area contributed by atoms with Crippen LogP contribution in [0.25, 0.3) is 11.0 Å². The zero-order chi connectivity index (χ0) is 12.4. The maximum atomic E-state index is 5.84. The number of hydrogen-bond donors (Lipinski definition) is 1. The van der Waals surface area contributed by atoms with E-state index in [1.165, 1.54) is 11.1 Å². The van der Waals surface area contributed by atoms with E-state index >= 15 is 0 Å². The molecule has 92 valence electrons. The van der Waals surface area contributed by atoms with Gasteiger partial charge in [-0.3, -0.25) is 0 Å². The summed E-state index contributed by atoms with van der Waals surface area (Å²) in [6, 6.07) is 6.45. The molecule has 0 aliphatic heterocycles. The molecule has 0 spiro atoms. The van der Waals surface area contributed by atoms with Crippen LogP contribution in [0.3, 0.4) is 0 Å². The number of hydrogen-bond acceptors (Lipinski definition) is 2. The van der Waals surface area contributed by atoms with Gasteiger partial charge in [-0.25, -0.2) is 4.98 Å². The van der Waals surface area contributed by atoms with Crippen LogP contribution in [0.1, 0.15) is 37.6 Å². The Bertz CT molecular complexity index is 509. The lowest BCUT2D eigenvalue weighted by molar-refractivity contribution is 0.586. The second kappa shape index (κ2) is 4.88. The Morgan fingerprint density at radius 1 is 1.35 bits per heavy atom. The van der Waals surface area contributed by atoms with Gasteiger partial charge in [0.05, 0.1) is 11.0 Å². The van der Waals surface area contributed by atoms with Crippen molar-refractivity contribution in [3.63, 3.8) is 0 Å². The van der Waals surface area contributed by atoms with Crippen LogP contribution < -0.4 is 5.73 Å². The first-order valence-corrected chi connectivity index (χ1v) is 6.38. The minimum absolute atomic E-state index is 0.364. The second-order valence-electron chi connectivity index (χ2n) is 4.55. The smallest absolute Gasteiger partial charge is 0.114 e. The van der Waals surface area contributed by atoms with E-state index in [-0.39, 0.29) is 0 Å². The van der Waals surface area contributed by atoms with Gasteiger partial charge in [0.25, 0.3) is 0 Å². The summed E-state index contributed by atoms with van der Waals surface area (Å²) in [7, 11) is 0. The molecule has 1 atom stereocenters. The van der Waals surface area contributed by atoms with E-state index in [4.69, 9.17) is 10.7 Å². The van der Waals surface area contributed by atoms with Gasteiger partial charge in [0.2, 0.25) is 0 Å². The number of aryl methyl sites for hydroxylation is 2. The molecule has 3 heteroatoms. The van der Waals surface area contributed by atoms with E-state index in [9.17, 15) is 0 Å². The molecule has 1 heterocycles. The number of fused-ring (bicyclic) bond motifs is 1. The second-order valence-corrected chi connectivity index (χ2v) is 4.55.